The normalized spacial score (nSPS) is 30.2. The lowest BCUT2D eigenvalue weighted by atomic mass is 9.91. The first-order chi connectivity index (χ1) is 9.33. The number of hydrogen-bond acceptors (Lipinski definition) is 5. The largest absolute Gasteiger partial charge is 0.392 e. The summed E-state index contributed by atoms with van der Waals surface area (Å²) in [5, 5.41) is 16.9. The number of β-amino-alcohol motifs (C(OH)–C–C–N with tert-alkyl or cyclic N) is 1. The molecule has 2 aliphatic rings. The van der Waals surface area contributed by atoms with Crippen molar-refractivity contribution in [3.8, 4) is 0 Å². The zero-order valence-corrected chi connectivity index (χ0v) is 11.3. The maximum atomic E-state index is 9.53. The SMILES string of the molecule is OC1CN[C@H](c2nc(C3CCCCCCC3)no2)C1. The minimum absolute atomic E-state index is 0.0322. The average molecular weight is 265 g/mol. The molecule has 2 heterocycles. The predicted molar refractivity (Wildman–Crippen MR) is 70.7 cm³/mol. The van der Waals surface area contributed by atoms with Gasteiger partial charge in [-0.3, -0.25) is 0 Å². The first kappa shape index (κ1) is 13.1. The predicted octanol–water partition coefficient (Wildman–Crippen LogP) is 2.29. The molecule has 0 bridgehead atoms. The molecule has 5 nitrogen and oxygen atoms in total. The van der Waals surface area contributed by atoms with Crippen molar-refractivity contribution in [1.82, 2.24) is 15.5 Å². The Balaban J connectivity index is 1.66. The molecule has 1 saturated heterocycles. The molecular weight excluding hydrogens is 242 g/mol. The number of aromatic nitrogens is 2. The van der Waals surface area contributed by atoms with Gasteiger partial charge in [0.25, 0.3) is 0 Å². The molecule has 19 heavy (non-hydrogen) atoms. The van der Waals surface area contributed by atoms with Crippen LogP contribution in [0.4, 0.5) is 0 Å². The van der Waals surface area contributed by atoms with E-state index in [1.54, 1.807) is 0 Å². The number of aliphatic hydroxyl groups excluding tert-OH is 1. The number of rotatable bonds is 2. The van der Waals surface area contributed by atoms with Gasteiger partial charge in [0.1, 0.15) is 0 Å². The highest BCUT2D eigenvalue weighted by atomic mass is 16.5. The first-order valence-electron chi connectivity index (χ1n) is 7.58. The van der Waals surface area contributed by atoms with Crippen molar-refractivity contribution >= 4 is 0 Å². The van der Waals surface area contributed by atoms with Crippen LogP contribution in [0.1, 0.15) is 75.0 Å². The zero-order valence-electron chi connectivity index (χ0n) is 11.3. The van der Waals surface area contributed by atoms with E-state index < -0.39 is 0 Å². The second-order valence-electron chi connectivity index (χ2n) is 5.88. The quantitative estimate of drug-likeness (QED) is 0.858. The van der Waals surface area contributed by atoms with Crippen molar-refractivity contribution in [2.45, 2.75) is 69.4 Å². The minimum atomic E-state index is -0.290. The Morgan fingerprint density at radius 2 is 1.84 bits per heavy atom. The molecule has 0 radical (unpaired) electrons. The van der Waals surface area contributed by atoms with Crippen LogP contribution in [0.5, 0.6) is 0 Å². The number of nitrogens with one attached hydrogen (secondary N) is 1. The molecule has 2 atom stereocenters. The molecule has 0 aromatic carbocycles. The molecule has 1 unspecified atom stereocenters. The summed E-state index contributed by atoms with van der Waals surface area (Å²) in [4.78, 5) is 4.57. The Morgan fingerprint density at radius 1 is 1.11 bits per heavy atom. The molecule has 1 aliphatic carbocycles. The van der Waals surface area contributed by atoms with E-state index in [9.17, 15) is 5.11 Å². The van der Waals surface area contributed by atoms with Gasteiger partial charge in [-0.1, -0.05) is 37.3 Å². The zero-order chi connectivity index (χ0) is 13.1. The molecule has 1 aromatic rings. The van der Waals surface area contributed by atoms with Crippen LogP contribution >= 0.6 is 0 Å². The first-order valence-corrected chi connectivity index (χ1v) is 7.58. The van der Waals surface area contributed by atoms with Gasteiger partial charge in [0, 0.05) is 12.5 Å². The topological polar surface area (TPSA) is 71.2 Å². The van der Waals surface area contributed by atoms with E-state index in [2.05, 4.69) is 15.5 Å². The summed E-state index contributed by atoms with van der Waals surface area (Å²) in [6.45, 7) is 0.617. The van der Waals surface area contributed by atoms with E-state index in [-0.39, 0.29) is 12.1 Å². The van der Waals surface area contributed by atoms with Gasteiger partial charge in [0.15, 0.2) is 5.82 Å². The highest BCUT2D eigenvalue weighted by Gasteiger charge is 2.29. The lowest BCUT2D eigenvalue weighted by Crippen LogP contribution is -2.15. The van der Waals surface area contributed by atoms with E-state index in [0.717, 1.165) is 5.82 Å². The molecule has 0 amide bonds. The van der Waals surface area contributed by atoms with Gasteiger partial charge in [0.05, 0.1) is 12.1 Å². The fourth-order valence-electron chi connectivity index (χ4n) is 3.17. The van der Waals surface area contributed by atoms with Crippen molar-refractivity contribution in [2.75, 3.05) is 6.54 Å². The third-order valence-electron chi connectivity index (χ3n) is 4.33. The Bertz CT molecular complexity index is 399. The molecule has 106 valence electrons. The standard InChI is InChI=1S/C14H23N3O2/c18-11-8-12(15-9-11)14-16-13(17-19-14)10-6-4-2-1-3-5-7-10/h10-12,15,18H,1-9H2/t11?,12-/m0/s1. The smallest absolute Gasteiger partial charge is 0.243 e. The molecule has 1 aliphatic heterocycles. The van der Waals surface area contributed by atoms with Crippen LogP contribution < -0.4 is 5.32 Å². The van der Waals surface area contributed by atoms with Gasteiger partial charge in [-0.25, -0.2) is 0 Å². The van der Waals surface area contributed by atoms with Gasteiger partial charge in [-0.2, -0.15) is 4.98 Å². The van der Waals surface area contributed by atoms with Crippen LogP contribution in [-0.2, 0) is 0 Å². The van der Waals surface area contributed by atoms with Crippen LogP contribution in [0, 0.1) is 0 Å². The lowest BCUT2D eigenvalue weighted by molar-refractivity contribution is 0.191. The third-order valence-corrected chi connectivity index (χ3v) is 4.33. The van der Waals surface area contributed by atoms with E-state index in [1.165, 1.54) is 44.9 Å². The molecule has 2 fully saturated rings. The Kier molecular flexibility index (Phi) is 4.13. The number of nitrogens with zero attached hydrogens (tertiary/aromatic N) is 2. The van der Waals surface area contributed by atoms with E-state index >= 15 is 0 Å². The van der Waals surface area contributed by atoms with Crippen LogP contribution in [0.3, 0.4) is 0 Å². The molecule has 3 rings (SSSR count). The number of aliphatic hydroxyl groups is 1. The molecule has 1 saturated carbocycles. The molecule has 1 aromatic heterocycles. The fraction of sp³-hybridized carbons (Fsp3) is 0.857. The average Bonchev–Trinajstić information content (AvgIpc) is 2.97. The van der Waals surface area contributed by atoms with Crippen molar-refractivity contribution in [2.24, 2.45) is 0 Å². The van der Waals surface area contributed by atoms with Gasteiger partial charge >= 0.3 is 0 Å². The van der Waals surface area contributed by atoms with Crippen molar-refractivity contribution in [3.05, 3.63) is 11.7 Å². The van der Waals surface area contributed by atoms with Gasteiger partial charge < -0.3 is 14.9 Å². The van der Waals surface area contributed by atoms with Crippen molar-refractivity contribution < 1.29 is 9.63 Å². The van der Waals surface area contributed by atoms with Crippen molar-refractivity contribution in [1.29, 1.82) is 0 Å². The lowest BCUT2D eigenvalue weighted by Gasteiger charge is -2.15. The van der Waals surface area contributed by atoms with E-state index in [4.69, 9.17) is 4.52 Å². The summed E-state index contributed by atoms with van der Waals surface area (Å²) in [6.07, 6.45) is 9.32. The third kappa shape index (κ3) is 3.15. The summed E-state index contributed by atoms with van der Waals surface area (Å²) < 4.78 is 5.39. The molecule has 2 N–H and O–H groups in total. The Morgan fingerprint density at radius 3 is 2.53 bits per heavy atom. The van der Waals surface area contributed by atoms with Gasteiger partial charge in [-0.15, -0.1) is 0 Å². The monoisotopic (exact) mass is 265 g/mol. The summed E-state index contributed by atoms with van der Waals surface area (Å²) in [5.41, 5.74) is 0. The van der Waals surface area contributed by atoms with E-state index in [0.29, 0.717) is 24.8 Å². The van der Waals surface area contributed by atoms with Crippen LogP contribution in [0.25, 0.3) is 0 Å². The van der Waals surface area contributed by atoms with E-state index in [1.807, 2.05) is 0 Å². The van der Waals surface area contributed by atoms with Crippen molar-refractivity contribution in [3.63, 3.8) is 0 Å². The van der Waals surface area contributed by atoms with Gasteiger partial charge in [0.2, 0.25) is 5.89 Å². The summed E-state index contributed by atoms with van der Waals surface area (Å²) in [6, 6.07) is 0.0322. The van der Waals surface area contributed by atoms with Gasteiger partial charge in [-0.05, 0) is 19.3 Å². The second kappa shape index (κ2) is 6.01. The molecule has 0 spiro atoms. The highest BCUT2D eigenvalue weighted by Crippen LogP contribution is 2.30. The highest BCUT2D eigenvalue weighted by molar-refractivity contribution is 5.01. The second-order valence-corrected chi connectivity index (χ2v) is 5.88. The molecule has 5 heteroatoms. The van der Waals surface area contributed by atoms with Crippen LogP contribution in [0.15, 0.2) is 4.52 Å². The number of hydrogen-bond donors (Lipinski definition) is 2. The summed E-state index contributed by atoms with van der Waals surface area (Å²) in [5.74, 6) is 1.98. The van der Waals surface area contributed by atoms with Crippen LogP contribution in [0.2, 0.25) is 0 Å². The Labute approximate surface area is 113 Å². The summed E-state index contributed by atoms with van der Waals surface area (Å²) >= 11 is 0. The maximum Gasteiger partial charge on any atom is 0.243 e. The Hall–Kier alpha value is -0.940. The fourth-order valence-corrected chi connectivity index (χ4v) is 3.17. The maximum absolute atomic E-state index is 9.53. The van der Waals surface area contributed by atoms with Crippen LogP contribution in [-0.4, -0.2) is 27.9 Å². The molecular formula is C14H23N3O2. The minimum Gasteiger partial charge on any atom is -0.392 e. The summed E-state index contributed by atoms with van der Waals surface area (Å²) in [7, 11) is 0.